The lowest BCUT2D eigenvalue weighted by Crippen LogP contribution is -2.49. The van der Waals surface area contributed by atoms with Crippen LogP contribution in [0.15, 0.2) is 60.9 Å². The van der Waals surface area contributed by atoms with Gasteiger partial charge in [0.1, 0.15) is 17.9 Å². The number of nitrogens with zero attached hydrogens (tertiary/aromatic N) is 4. The Morgan fingerprint density at radius 3 is 1.92 bits per heavy atom. The maximum Gasteiger partial charge on any atom is 0.573 e. The number of carbonyl (C=O) groups excluding carboxylic acids is 2. The van der Waals surface area contributed by atoms with Gasteiger partial charge in [-0.15, -0.1) is 13.2 Å². The monoisotopic (exact) mass is 862 g/mol. The van der Waals surface area contributed by atoms with E-state index in [2.05, 4.69) is 30.2 Å². The number of aliphatic hydroxyl groups is 2. The molecule has 61 heavy (non-hydrogen) atoms. The molecule has 4 atom stereocenters. The van der Waals surface area contributed by atoms with Crippen molar-refractivity contribution in [2.75, 3.05) is 111 Å². The van der Waals surface area contributed by atoms with Gasteiger partial charge in [0, 0.05) is 62.1 Å². The van der Waals surface area contributed by atoms with Gasteiger partial charge in [-0.1, -0.05) is 12.1 Å². The molecule has 16 nitrogen and oxygen atoms in total. The number of nitrogens with one attached hydrogen (secondary N) is 2. The number of hydrogen-bond donors (Lipinski definition) is 4. The van der Waals surface area contributed by atoms with E-state index in [9.17, 15) is 33.0 Å². The van der Waals surface area contributed by atoms with E-state index in [1.165, 1.54) is 30.6 Å². The number of alkyl halides is 3. The molecule has 2 heterocycles. The molecule has 2 saturated carbocycles. The first-order valence-corrected chi connectivity index (χ1v) is 20.6. The summed E-state index contributed by atoms with van der Waals surface area (Å²) in [6.07, 6.45) is -0.240. The van der Waals surface area contributed by atoms with Crippen molar-refractivity contribution in [3.63, 3.8) is 0 Å². The van der Waals surface area contributed by atoms with Crippen LogP contribution in [0.4, 0.5) is 24.7 Å². The highest BCUT2D eigenvalue weighted by Gasteiger charge is 2.45. The van der Waals surface area contributed by atoms with E-state index in [0.717, 1.165) is 44.5 Å². The van der Waals surface area contributed by atoms with Crippen LogP contribution < -0.4 is 15.4 Å². The number of benzene rings is 2. The molecule has 4 N–H and O–H groups in total. The number of hydrogen-bond acceptors (Lipinski definition) is 14. The van der Waals surface area contributed by atoms with Crippen LogP contribution in [-0.2, 0) is 28.5 Å². The number of anilines is 2. The SMILES string of the molecule is O=CNCCOCCOCCOCCOCCOCCN1CCN(C(=O)c2cccc(-c3cc(Nc4ccc(OC(F)(F)F)cc4)ncn3)c2)CC1.OC1C2CCC(C2)C1O. The average molecular weight is 863 g/mol. The fraction of sp³-hybridized carbons (Fsp3) is 0.571. The average Bonchev–Trinajstić information content (AvgIpc) is 3.86. The van der Waals surface area contributed by atoms with E-state index in [0.29, 0.717) is 127 Å². The molecule has 2 aromatic carbocycles. The zero-order chi connectivity index (χ0) is 43.3. The van der Waals surface area contributed by atoms with Gasteiger partial charge in [-0.3, -0.25) is 14.5 Å². The third-order valence-corrected chi connectivity index (χ3v) is 10.4. The van der Waals surface area contributed by atoms with E-state index in [4.69, 9.17) is 23.7 Å². The summed E-state index contributed by atoms with van der Waals surface area (Å²) in [4.78, 5) is 36.1. The molecule has 3 aromatic rings. The number of fused-ring (bicyclic) bond motifs is 2. The lowest BCUT2D eigenvalue weighted by atomic mass is 9.95. The van der Waals surface area contributed by atoms with Crippen LogP contribution in [-0.4, -0.2) is 166 Å². The molecule has 0 radical (unpaired) electrons. The molecular weight excluding hydrogens is 805 g/mol. The molecule has 336 valence electrons. The van der Waals surface area contributed by atoms with Crippen molar-refractivity contribution < 1.29 is 61.4 Å². The number of aliphatic hydroxyl groups excluding tert-OH is 2. The molecule has 2 amide bonds. The number of amides is 2. The van der Waals surface area contributed by atoms with Gasteiger partial charge in [-0.05, 0) is 67.5 Å². The Balaban J connectivity index is 0.000000683. The van der Waals surface area contributed by atoms with Crippen molar-refractivity contribution in [2.45, 2.75) is 37.8 Å². The van der Waals surface area contributed by atoms with E-state index < -0.39 is 18.6 Å². The quantitative estimate of drug-likeness (QED) is 0.0758. The Kier molecular flexibility index (Phi) is 19.9. The summed E-state index contributed by atoms with van der Waals surface area (Å²) in [5.41, 5.74) is 2.36. The molecule has 1 aliphatic heterocycles. The molecular formula is C42H57F3N6O10. The van der Waals surface area contributed by atoms with Crippen LogP contribution in [0.1, 0.15) is 29.6 Å². The molecule has 2 aliphatic carbocycles. The smallest absolute Gasteiger partial charge is 0.406 e. The minimum atomic E-state index is -4.76. The highest BCUT2D eigenvalue weighted by Crippen LogP contribution is 2.44. The Bertz CT molecular complexity index is 1720. The molecule has 2 bridgehead atoms. The summed E-state index contributed by atoms with van der Waals surface area (Å²) in [6.45, 7) is 8.70. The van der Waals surface area contributed by atoms with Crippen LogP contribution in [0.5, 0.6) is 5.75 Å². The lowest BCUT2D eigenvalue weighted by molar-refractivity contribution is -0.274. The van der Waals surface area contributed by atoms with Crippen molar-refractivity contribution in [1.29, 1.82) is 0 Å². The highest BCUT2D eigenvalue weighted by atomic mass is 19.4. The first-order chi connectivity index (χ1) is 29.6. The molecule has 1 saturated heterocycles. The van der Waals surface area contributed by atoms with E-state index in [1.807, 2.05) is 11.0 Å². The minimum absolute atomic E-state index is 0.0638. The zero-order valence-corrected chi connectivity index (χ0v) is 34.2. The molecule has 19 heteroatoms. The van der Waals surface area contributed by atoms with Gasteiger partial charge in [-0.25, -0.2) is 9.97 Å². The van der Waals surface area contributed by atoms with Crippen molar-refractivity contribution in [3.8, 4) is 17.0 Å². The van der Waals surface area contributed by atoms with Gasteiger partial charge < -0.3 is 54.2 Å². The zero-order valence-electron chi connectivity index (χ0n) is 34.2. The van der Waals surface area contributed by atoms with Crippen molar-refractivity contribution in [3.05, 3.63) is 66.5 Å². The summed E-state index contributed by atoms with van der Waals surface area (Å²) < 4.78 is 68.7. The summed E-state index contributed by atoms with van der Waals surface area (Å²) in [5, 5.41) is 24.0. The second-order valence-electron chi connectivity index (χ2n) is 14.6. The van der Waals surface area contributed by atoms with E-state index >= 15 is 0 Å². The number of ether oxygens (including phenoxy) is 6. The molecule has 6 rings (SSSR count). The first kappa shape index (κ1) is 47.6. The van der Waals surface area contributed by atoms with Crippen molar-refractivity contribution in [1.82, 2.24) is 25.1 Å². The Labute approximate surface area is 353 Å². The third kappa shape index (κ3) is 16.7. The first-order valence-electron chi connectivity index (χ1n) is 20.6. The van der Waals surface area contributed by atoms with Crippen molar-refractivity contribution in [2.24, 2.45) is 11.8 Å². The number of piperazine rings is 1. The number of aromatic nitrogens is 2. The van der Waals surface area contributed by atoms with Crippen LogP contribution in [0, 0.1) is 11.8 Å². The predicted molar refractivity (Wildman–Crippen MR) is 217 cm³/mol. The lowest BCUT2D eigenvalue weighted by Gasteiger charge is -2.34. The normalized spacial score (nSPS) is 19.9. The Morgan fingerprint density at radius 2 is 1.36 bits per heavy atom. The van der Waals surface area contributed by atoms with E-state index in [1.54, 1.807) is 24.3 Å². The van der Waals surface area contributed by atoms with Crippen LogP contribution >= 0.6 is 0 Å². The van der Waals surface area contributed by atoms with Gasteiger partial charge >= 0.3 is 6.36 Å². The Morgan fingerprint density at radius 1 is 0.770 bits per heavy atom. The van der Waals surface area contributed by atoms with Crippen molar-refractivity contribution >= 4 is 23.8 Å². The summed E-state index contributed by atoms with van der Waals surface area (Å²) in [5.74, 6) is 0.889. The maximum atomic E-state index is 13.4. The molecule has 1 aromatic heterocycles. The van der Waals surface area contributed by atoms with Crippen LogP contribution in [0.25, 0.3) is 11.3 Å². The third-order valence-electron chi connectivity index (χ3n) is 10.4. The second-order valence-corrected chi connectivity index (χ2v) is 14.6. The molecule has 3 fully saturated rings. The highest BCUT2D eigenvalue weighted by molar-refractivity contribution is 5.95. The molecule has 3 aliphatic rings. The van der Waals surface area contributed by atoms with Gasteiger partial charge in [-0.2, -0.15) is 0 Å². The van der Waals surface area contributed by atoms with Gasteiger partial charge in [0.2, 0.25) is 6.41 Å². The number of rotatable bonds is 24. The summed E-state index contributed by atoms with van der Waals surface area (Å²) in [7, 11) is 0. The molecule has 4 unspecified atom stereocenters. The summed E-state index contributed by atoms with van der Waals surface area (Å²) in [6, 6.07) is 14.2. The van der Waals surface area contributed by atoms with Gasteiger partial charge in [0.15, 0.2) is 0 Å². The Hall–Kier alpha value is -4.47. The maximum absolute atomic E-state index is 13.4. The topological polar surface area (TPSA) is 186 Å². The largest absolute Gasteiger partial charge is 0.573 e. The van der Waals surface area contributed by atoms with Crippen LogP contribution in [0.3, 0.4) is 0 Å². The number of halogens is 3. The minimum Gasteiger partial charge on any atom is -0.406 e. The van der Waals surface area contributed by atoms with Gasteiger partial charge in [0.05, 0.1) is 84.0 Å². The fourth-order valence-corrected chi connectivity index (χ4v) is 7.24. The fourth-order valence-electron chi connectivity index (χ4n) is 7.24. The van der Waals surface area contributed by atoms with Crippen LogP contribution in [0.2, 0.25) is 0 Å². The standard InChI is InChI=1S/C35H45F3N6O8.C7H12O2/c36-35(37,38)52-31-6-4-30(5-7-31)42-33-25-32(40-26-41-33)28-2-1-3-29(24-28)34(46)44-11-9-43(10-12-44)13-15-48-17-19-50-21-23-51-22-20-49-18-16-47-14-8-39-27-45;8-6-4-1-2-5(3-4)7(6)9/h1-7,24-27H,8-23H2,(H,39,45)(H,40,41,42);4-9H,1-3H2. The number of carbonyl (C=O) groups is 2. The second kappa shape index (κ2) is 25.5. The van der Waals surface area contributed by atoms with Gasteiger partial charge in [0.25, 0.3) is 5.91 Å². The summed E-state index contributed by atoms with van der Waals surface area (Å²) >= 11 is 0. The van der Waals surface area contributed by atoms with E-state index in [-0.39, 0.29) is 11.7 Å². The molecule has 0 spiro atoms. The predicted octanol–water partition coefficient (Wildman–Crippen LogP) is 3.51.